The molecule has 0 saturated carbocycles. The highest BCUT2D eigenvalue weighted by Gasteiger charge is 2.23. The highest BCUT2D eigenvalue weighted by atomic mass is 32.9. The summed E-state index contributed by atoms with van der Waals surface area (Å²) in [5, 5.41) is 8.79. The van der Waals surface area contributed by atoms with E-state index in [9.17, 15) is 4.79 Å². The van der Waals surface area contributed by atoms with Crippen LogP contribution in [0.2, 0.25) is 0 Å². The fraction of sp³-hybridized carbons (Fsp3) is 0.947. The Labute approximate surface area is 192 Å². The van der Waals surface area contributed by atoms with E-state index < -0.39 is 19.0 Å². The first-order chi connectivity index (χ1) is 13.3. The van der Waals surface area contributed by atoms with Crippen LogP contribution in [0.4, 0.5) is 0 Å². The van der Waals surface area contributed by atoms with Crippen molar-refractivity contribution in [1.29, 1.82) is 0 Å². The van der Waals surface area contributed by atoms with Crippen LogP contribution in [0.5, 0.6) is 0 Å². The summed E-state index contributed by atoms with van der Waals surface area (Å²) >= 11 is 8.71. The monoisotopic (exact) mass is 506 g/mol. The van der Waals surface area contributed by atoms with Gasteiger partial charge in [0, 0.05) is 11.5 Å². The molecule has 0 rings (SSSR count). The lowest BCUT2D eigenvalue weighted by Gasteiger charge is -2.27. The van der Waals surface area contributed by atoms with Crippen LogP contribution in [0.1, 0.15) is 67.7 Å². The summed E-state index contributed by atoms with van der Waals surface area (Å²) in [7, 11) is -1.06. The van der Waals surface area contributed by atoms with Crippen LogP contribution >= 0.6 is 35.8 Å². The number of carboxylic acid groups (broad SMARTS) is 1. The molecule has 0 aliphatic heterocycles. The van der Waals surface area contributed by atoms with Crippen LogP contribution in [0.15, 0.2) is 0 Å². The van der Waals surface area contributed by atoms with Gasteiger partial charge in [-0.05, 0) is 52.1 Å². The lowest BCUT2D eigenvalue weighted by molar-refractivity contribution is -0.136. The van der Waals surface area contributed by atoms with Gasteiger partial charge in [0.2, 0.25) is 7.58 Å². The smallest absolute Gasteiger partial charge is 0.304 e. The molecule has 0 aromatic heterocycles. The van der Waals surface area contributed by atoms with Crippen molar-refractivity contribution in [2.75, 3.05) is 18.2 Å². The van der Waals surface area contributed by atoms with Gasteiger partial charge in [0.05, 0.1) is 24.7 Å². The van der Waals surface area contributed by atoms with E-state index >= 15 is 0 Å². The Kier molecular flexibility index (Phi) is 16.5. The first-order valence-corrected chi connectivity index (χ1v) is 17.7. The van der Waals surface area contributed by atoms with E-state index in [4.69, 9.17) is 30.5 Å². The third-order valence-electron chi connectivity index (χ3n) is 3.57. The SMILES string of the molecule is CC(C)CC(C)OP(OC(C)CC(C)C)SCC(C)OP(C)(=S)SCCC(=O)O. The molecular formula is C19H40O5P2S3. The van der Waals surface area contributed by atoms with E-state index in [1.165, 1.54) is 11.4 Å². The van der Waals surface area contributed by atoms with Crippen molar-refractivity contribution in [3.05, 3.63) is 0 Å². The van der Waals surface area contributed by atoms with E-state index in [1.807, 2.05) is 13.6 Å². The summed E-state index contributed by atoms with van der Waals surface area (Å²) in [6.07, 6.45) is 2.38. The fourth-order valence-electron chi connectivity index (χ4n) is 2.65. The molecule has 0 radical (unpaired) electrons. The Morgan fingerprint density at radius 3 is 1.90 bits per heavy atom. The molecule has 0 aliphatic carbocycles. The van der Waals surface area contributed by atoms with E-state index in [2.05, 4.69) is 41.5 Å². The van der Waals surface area contributed by atoms with Crippen LogP contribution in [0, 0.1) is 11.8 Å². The maximum atomic E-state index is 10.7. The predicted octanol–water partition coefficient (Wildman–Crippen LogP) is 7.40. The normalized spacial score (nSPS) is 18.4. The van der Waals surface area contributed by atoms with Crippen molar-refractivity contribution in [2.45, 2.75) is 86.0 Å². The molecule has 0 aromatic rings. The number of carboxylic acids is 1. The quantitative estimate of drug-likeness (QED) is 0.205. The van der Waals surface area contributed by atoms with Gasteiger partial charge in [0.25, 0.3) is 0 Å². The van der Waals surface area contributed by atoms with Gasteiger partial charge in [0.15, 0.2) is 0 Å². The number of aliphatic carboxylic acids is 1. The zero-order valence-electron chi connectivity index (χ0n) is 19.1. The Bertz CT molecular complexity index is 490. The first-order valence-electron chi connectivity index (χ1n) is 10.2. The van der Waals surface area contributed by atoms with E-state index in [0.29, 0.717) is 17.6 Å². The third kappa shape index (κ3) is 18.4. The van der Waals surface area contributed by atoms with Crippen LogP contribution in [0.3, 0.4) is 0 Å². The van der Waals surface area contributed by atoms with Crippen LogP contribution in [-0.2, 0) is 30.2 Å². The van der Waals surface area contributed by atoms with Crippen molar-refractivity contribution in [2.24, 2.45) is 11.8 Å². The molecule has 0 spiro atoms. The molecule has 4 unspecified atom stereocenters. The van der Waals surface area contributed by atoms with Gasteiger partial charge in [-0.2, -0.15) is 0 Å². The number of rotatable bonds is 17. The highest BCUT2D eigenvalue weighted by Crippen LogP contribution is 2.59. The summed E-state index contributed by atoms with van der Waals surface area (Å²) < 4.78 is 18.6. The third-order valence-corrected chi connectivity index (χ3v) is 12.1. The second kappa shape index (κ2) is 15.9. The van der Waals surface area contributed by atoms with E-state index in [0.717, 1.165) is 18.6 Å². The van der Waals surface area contributed by atoms with Crippen LogP contribution < -0.4 is 0 Å². The average molecular weight is 507 g/mol. The first kappa shape index (κ1) is 30.1. The minimum Gasteiger partial charge on any atom is -0.481 e. The Morgan fingerprint density at radius 1 is 1.00 bits per heavy atom. The average Bonchev–Trinajstić information content (AvgIpc) is 2.49. The van der Waals surface area contributed by atoms with Crippen molar-refractivity contribution in [1.82, 2.24) is 0 Å². The summed E-state index contributed by atoms with van der Waals surface area (Å²) in [5.41, 5.74) is -2.06. The second-order valence-electron chi connectivity index (χ2n) is 8.27. The molecule has 0 aromatic carbocycles. The largest absolute Gasteiger partial charge is 0.481 e. The molecule has 29 heavy (non-hydrogen) atoms. The summed E-state index contributed by atoms with van der Waals surface area (Å²) in [6, 6.07) is 0. The Morgan fingerprint density at radius 2 is 1.48 bits per heavy atom. The predicted molar refractivity (Wildman–Crippen MR) is 135 cm³/mol. The van der Waals surface area contributed by atoms with Crippen molar-refractivity contribution >= 4 is 53.6 Å². The van der Waals surface area contributed by atoms with Gasteiger partial charge in [-0.3, -0.25) is 4.79 Å². The number of hydrogen-bond acceptors (Lipinski definition) is 7. The minimum atomic E-state index is -2.06. The molecule has 5 nitrogen and oxygen atoms in total. The zero-order chi connectivity index (χ0) is 22.6. The molecule has 0 saturated heterocycles. The molecule has 174 valence electrons. The number of carbonyl (C=O) groups is 1. The van der Waals surface area contributed by atoms with Crippen molar-refractivity contribution in [3.63, 3.8) is 0 Å². The fourth-order valence-corrected chi connectivity index (χ4v) is 10.7. The molecule has 1 N–H and O–H groups in total. The van der Waals surface area contributed by atoms with Crippen molar-refractivity contribution < 1.29 is 23.5 Å². The molecule has 4 atom stereocenters. The topological polar surface area (TPSA) is 65.0 Å². The van der Waals surface area contributed by atoms with Crippen LogP contribution in [0.25, 0.3) is 0 Å². The van der Waals surface area contributed by atoms with Gasteiger partial charge in [-0.1, -0.05) is 62.3 Å². The van der Waals surface area contributed by atoms with Gasteiger partial charge in [-0.25, -0.2) is 0 Å². The van der Waals surface area contributed by atoms with Gasteiger partial charge < -0.3 is 18.7 Å². The lowest BCUT2D eigenvalue weighted by Crippen LogP contribution is -2.14. The summed E-state index contributed by atoms with van der Waals surface area (Å²) in [6.45, 7) is 16.9. The summed E-state index contributed by atoms with van der Waals surface area (Å²) in [5.74, 6) is 1.58. The second-order valence-corrected chi connectivity index (χ2v) is 19.5. The molecule has 0 amide bonds. The zero-order valence-corrected chi connectivity index (χ0v) is 23.4. The molecule has 0 heterocycles. The molecule has 0 aliphatic rings. The number of hydrogen-bond donors (Lipinski definition) is 1. The highest BCUT2D eigenvalue weighted by molar-refractivity contribution is 8.69. The van der Waals surface area contributed by atoms with Gasteiger partial charge in [-0.15, -0.1) is 0 Å². The Balaban J connectivity index is 4.66. The lowest BCUT2D eigenvalue weighted by atomic mass is 10.1. The molecular weight excluding hydrogens is 466 g/mol. The summed E-state index contributed by atoms with van der Waals surface area (Å²) in [4.78, 5) is 10.7. The maximum absolute atomic E-state index is 10.7. The molecule has 0 bridgehead atoms. The Hall–Kier alpha value is 1.13. The van der Waals surface area contributed by atoms with E-state index in [-0.39, 0.29) is 24.7 Å². The van der Waals surface area contributed by atoms with E-state index in [1.54, 1.807) is 11.4 Å². The molecule has 0 fully saturated rings. The molecule has 10 heteroatoms. The maximum Gasteiger partial charge on any atom is 0.304 e. The minimum absolute atomic E-state index is 0.0360. The van der Waals surface area contributed by atoms with Crippen LogP contribution in [-0.4, -0.2) is 47.6 Å². The van der Waals surface area contributed by atoms with Gasteiger partial charge >= 0.3 is 5.97 Å². The van der Waals surface area contributed by atoms with Crippen molar-refractivity contribution in [3.8, 4) is 0 Å². The van der Waals surface area contributed by atoms with Gasteiger partial charge in [0.1, 0.15) is 5.47 Å². The standard InChI is InChI=1S/C19H40O5P2S3/c1-14(2)11-16(5)22-25(23-17(6)12-15(3)4)28-13-18(7)24-26(8,27)29-10-9-19(20)21/h14-18H,9-13H2,1-8H3,(H,20,21).